The molecule has 1 aliphatic rings. The third-order valence-corrected chi connectivity index (χ3v) is 3.51. The number of hydrogen-bond acceptors (Lipinski definition) is 3. The van der Waals surface area contributed by atoms with Gasteiger partial charge in [-0.1, -0.05) is 6.07 Å². The number of urea groups is 1. The van der Waals surface area contributed by atoms with E-state index < -0.39 is 5.97 Å². The normalized spacial score (nSPS) is 22.0. The number of hydrogen-bond donors (Lipinski definition) is 2. The zero-order chi connectivity index (χ0) is 15.6. The Labute approximate surface area is 123 Å². The van der Waals surface area contributed by atoms with Gasteiger partial charge in [0.05, 0.1) is 17.8 Å². The van der Waals surface area contributed by atoms with Crippen LogP contribution in [0.1, 0.15) is 29.8 Å². The Balaban J connectivity index is 2.13. The molecule has 0 radical (unpaired) electrons. The number of carbonyl (C=O) groups is 2. The summed E-state index contributed by atoms with van der Waals surface area (Å²) in [4.78, 5) is 25.1. The first-order valence-electron chi connectivity index (χ1n) is 6.92. The molecular weight excluding hydrogens is 272 g/mol. The quantitative estimate of drug-likeness (QED) is 0.877. The van der Waals surface area contributed by atoms with Crippen molar-refractivity contribution in [3.8, 4) is 0 Å². The van der Waals surface area contributed by atoms with Crippen LogP contribution in [0, 0.1) is 6.92 Å². The van der Waals surface area contributed by atoms with Gasteiger partial charge >= 0.3 is 12.0 Å². The molecule has 1 saturated heterocycles. The van der Waals surface area contributed by atoms with E-state index in [-0.39, 0.29) is 23.8 Å². The summed E-state index contributed by atoms with van der Waals surface area (Å²) in [6.07, 6.45) is -0.0168. The lowest BCUT2D eigenvalue weighted by Crippen LogP contribution is -2.49. The molecule has 0 bridgehead atoms. The molecule has 0 spiro atoms. The van der Waals surface area contributed by atoms with Gasteiger partial charge < -0.3 is 20.1 Å². The number of carboxylic acid groups (broad SMARTS) is 1. The van der Waals surface area contributed by atoms with Crippen molar-refractivity contribution in [2.75, 3.05) is 18.4 Å². The molecule has 1 heterocycles. The van der Waals surface area contributed by atoms with Gasteiger partial charge in [0, 0.05) is 18.8 Å². The number of aromatic carboxylic acids is 1. The minimum atomic E-state index is -1.00. The fourth-order valence-corrected chi connectivity index (χ4v) is 2.54. The summed E-state index contributed by atoms with van der Waals surface area (Å²) in [7, 11) is 0. The first-order valence-corrected chi connectivity index (χ1v) is 6.92. The van der Waals surface area contributed by atoms with E-state index in [1.165, 1.54) is 6.07 Å². The van der Waals surface area contributed by atoms with Crippen LogP contribution < -0.4 is 5.32 Å². The highest BCUT2D eigenvalue weighted by Crippen LogP contribution is 2.20. The second-order valence-corrected chi connectivity index (χ2v) is 5.38. The molecule has 2 amide bonds. The van der Waals surface area contributed by atoms with Crippen molar-refractivity contribution >= 4 is 17.7 Å². The highest BCUT2D eigenvalue weighted by Gasteiger charge is 2.26. The molecule has 6 heteroatoms. The monoisotopic (exact) mass is 292 g/mol. The summed E-state index contributed by atoms with van der Waals surface area (Å²) >= 11 is 0. The van der Waals surface area contributed by atoms with Crippen molar-refractivity contribution in [3.05, 3.63) is 29.3 Å². The second-order valence-electron chi connectivity index (χ2n) is 5.38. The first-order chi connectivity index (χ1) is 9.88. The lowest BCUT2D eigenvalue weighted by Gasteiger charge is -2.35. The lowest BCUT2D eigenvalue weighted by atomic mass is 10.1. The van der Waals surface area contributed by atoms with Crippen molar-refractivity contribution < 1.29 is 19.4 Å². The second kappa shape index (κ2) is 6.13. The zero-order valence-electron chi connectivity index (χ0n) is 12.4. The summed E-state index contributed by atoms with van der Waals surface area (Å²) in [5, 5.41) is 11.9. The average Bonchev–Trinajstić information content (AvgIpc) is 2.39. The molecule has 2 atom stereocenters. The number of carboxylic acids is 1. The molecule has 2 rings (SSSR count). The predicted octanol–water partition coefficient (Wildman–Crippen LogP) is 2.33. The van der Waals surface area contributed by atoms with E-state index in [1.807, 2.05) is 13.8 Å². The van der Waals surface area contributed by atoms with Crippen LogP contribution in [0.15, 0.2) is 18.2 Å². The first kappa shape index (κ1) is 15.3. The van der Waals surface area contributed by atoms with Gasteiger partial charge in [0.25, 0.3) is 0 Å². The molecule has 1 aromatic rings. The van der Waals surface area contributed by atoms with E-state index in [1.54, 1.807) is 24.0 Å². The number of morpholine rings is 1. The van der Waals surface area contributed by atoms with E-state index in [0.717, 1.165) is 0 Å². The molecule has 0 saturated carbocycles. The fraction of sp³-hybridized carbons (Fsp3) is 0.467. The van der Waals surface area contributed by atoms with Crippen molar-refractivity contribution in [2.45, 2.75) is 33.0 Å². The van der Waals surface area contributed by atoms with Crippen LogP contribution in [-0.4, -0.2) is 47.3 Å². The van der Waals surface area contributed by atoms with E-state index in [9.17, 15) is 9.59 Å². The third kappa shape index (κ3) is 3.52. The highest BCUT2D eigenvalue weighted by atomic mass is 16.5. The van der Waals surface area contributed by atoms with Gasteiger partial charge in [0.15, 0.2) is 0 Å². The highest BCUT2D eigenvalue weighted by molar-refractivity contribution is 5.95. The van der Waals surface area contributed by atoms with Crippen LogP contribution in [0.5, 0.6) is 0 Å². The van der Waals surface area contributed by atoms with Crippen molar-refractivity contribution in [2.24, 2.45) is 0 Å². The van der Waals surface area contributed by atoms with E-state index in [4.69, 9.17) is 9.84 Å². The molecule has 0 aliphatic carbocycles. The number of anilines is 1. The zero-order valence-corrected chi connectivity index (χ0v) is 12.4. The topological polar surface area (TPSA) is 78.9 Å². The number of amides is 2. The Bertz CT molecular complexity index is 549. The van der Waals surface area contributed by atoms with Crippen molar-refractivity contribution in [3.63, 3.8) is 0 Å². The Morgan fingerprint density at radius 3 is 2.48 bits per heavy atom. The predicted molar refractivity (Wildman–Crippen MR) is 78.7 cm³/mol. The van der Waals surface area contributed by atoms with E-state index in [0.29, 0.717) is 24.3 Å². The summed E-state index contributed by atoms with van der Waals surface area (Å²) in [5.41, 5.74) is 1.26. The van der Waals surface area contributed by atoms with Gasteiger partial charge in [-0.3, -0.25) is 0 Å². The maximum atomic E-state index is 12.3. The Morgan fingerprint density at radius 2 is 1.90 bits per heavy atom. The number of nitrogens with zero attached hydrogens (tertiary/aromatic N) is 1. The summed E-state index contributed by atoms with van der Waals surface area (Å²) in [6, 6.07) is 4.61. The van der Waals surface area contributed by atoms with Gasteiger partial charge in [-0.15, -0.1) is 0 Å². The molecule has 1 fully saturated rings. The maximum absolute atomic E-state index is 12.3. The van der Waals surface area contributed by atoms with Crippen LogP contribution in [0.2, 0.25) is 0 Å². The Kier molecular flexibility index (Phi) is 4.47. The SMILES string of the molecule is Cc1c(NC(=O)N2CC(C)OC(C)C2)cccc1C(=O)O. The molecule has 1 aliphatic heterocycles. The molecular formula is C15H20N2O4. The number of benzene rings is 1. The molecule has 2 unspecified atom stereocenters. The maximum Gasteiger partial charge on any atom is 0.336 e. The van der Waals surface area contributed by atoms with Gasteiger partial charge in [-0.05, 0) is 38.5 Å². The van der Waals surface area contributed by atoms with E-state index >= 15 is 0 Å². The largest absolute Gasteiger partial charge is 0.478 e. The van der Waals surface area contributed by atoms with Crippen molar-refractivity contribution in [1.82, 2.24) is 4.90 Å². The van der Waals surface area contributed by atoms with Crippen LogP contribution in [0.25, 0.3) is 0 Å². The van der Waals surface area contributed by atoms with Gasteiger partial charge in [-0.25, -0.2) is 9.59 Å². The Hall–Kier alpha value is -2.08. The van der Waals surface area contributed by atoms with Gasteiger partial charge in [0.2, 0.25) is 0 Å². The van der Waals surface area contributed by atoms with Gasteiger partial charge in [0.1, 0.15) is 0 Å². The average molecular weight is 292 g/mol. The number of nitrogens with one attached hydrogen (secondary N) is 1. The van der Waals surface area contributed by atoms with Crippen LogP contribution in [0.4, 0.5) is 10.5 Å². The lowest BCUT2D eigenvalue weighted by molar-refractivity contribution is -0.0530. The number of rotatable bonds is 2. The fourth-order valence-electron chi connectivity index (χ4n) is 2.54. The van der Waals surface area contributed by atoms with Gasteiger partial charge in [-0.2, -0.15) is 0 Å². The number of carbonyl (C=O) groups excluding carboxylic acids is 1. The number of ether oxygens (including phenoxy) is 1. The minimum absolute atomic E-state index is 0.00838. The molecule has 21 heavy (non-hydrogen) atoms. The van der Waals surface area contributed by atoms with Crippen LogP contribution in [-0.2, 0) is 4.74 Å². The standard InChI is InChI=1S/C15H20N2O4/c1-9-7-17(8-10(2)21-9)15(20)16-13-6-4-5-12(11(13)3)14(18)19/h4-6,9-10H,7-8H2,1-3H3,(H,16,20)(H,18,19). The molecule has 114 valence electrons. The molecule has 0 aromatic heterocycles. The molecule has 2 N–H and O–H groups in total. The third-order valence-electron chi connectivity index (χ3n) is 3.51. The van der Waals surface area contributed by atoms with Crippen molar-refractivity contribution in [1.29, 1.82) is 0 Å². The van der Waals surface area contributed by atoms with E-state index in [2.05, 4.69) is 5.32 Å². The summed E-state index contributed by atoms with van der Waals surface area (Å²) in [5.74, 6) is -1.00. The van der Waals surface area contributed by atoms with Crippen LogP contribution in [0.3, 0.4) is 0 Å². The van der Waals surface area contributed by atoms with Crippen LogP contribution >= 0.6 is 0 Å². The minimum Gasteiger partial charge on any atom is -0.478 e. The molecule has 6 nitrogen and oxygen atoms in total. The Morgan fingerprint density at radius 1 is 1.29 bits per heavy atom. The summed E-state index contributed by atoms with van der Waals surface area (Å²) < 4.78 is 5.59. The summed E-state index contributed by atoms with van der Waals surface area (Å²) in [6.45, 7) is 6.57. The molecule has 1 aromatic carbocycles. The smallest absolute Gasteiger partial charge is 0.336 e.